The van der Waals surface area contributed by atoms with Crippen molar-refractivity contribution in [3.63, 3.8) is 0 Å². The lowest BCUT2D eigenvalue weighted by molar-refractivity contribution is -0.892. The fourth-order valence-electron chi connectivity index (χ4n) is 2.91. The van der Waals surface area contributed by atoms with E-state index in [4.69, 9.17) is 23.2 Å². The molecule has 2 N–H and O–H groups in total. The highest BCUT2D eigenvalue weighted by Crippen LogP contribution is 2.25. The van der Waals surface area contributed by atoms with E-state index in [0.29, 0.717) is 22.3 Å². The third-order valence-electron chi connectivity index (χ3n) is 4.21. The molecule has 24 heavy (non-hydrogen) atoms. The van der Waals surface area contributed by atoms with Gasteiger partial charge in [0.25, 0.3) is 5.91 Å². The van der Waals surface area contributed by atoms with Crippen LogP contribution in [-0.2, 0) is 4.79 Å². The summed E-state index contributed by atoms with van der Waals surface area (Å²) in [4.78, 5) is 15.9. The first-order chi connectivity index (χ1) is 11.6. The Hall–Kier alpha value is -1.75. The van der Waals surface area contributed by atoms with Gasteiger partial charge in [-0.25, -0.2) is 0 Å². The molecular weight excluding hydrogens is 345 g/mol. The van der Waals surface area contributed by atoms with E-state index in [1.54, 1.807) is 18.2 Å². The number of carbonyl (C=O) groups is 1. The van der Waals surface area contributed by atoms with Crippen LogP contribution in [-0.4, -0.2) is 38.6 Å². The monoisotopic (exact) mass is 364 g/mol. The number of para-hydroxylation sites is 1. The smallest absolute Gasteiger partial charge is 0.279 e. The summed E-state index contributed by atoms with van der Waals surface area (Å²) in [6, 6.07) is 15.5. The molecule has 0 spiro atoms. The van der Waals surface area contributed by atoms with Crippen LogP contribution in [0.2, 0.25) is 10.0 Å². The fraction of sp³-hybridized carbons (Fsp3) is 0.278. The third-order valence-corrected chi connectivity index (χ3v) is 4.76. The van der Waals surface area contributed by atoms with Crippen molar-refractivity contribution in [1.82, 2.24) is 0 Å². The number of benzene rings is 2. The Morgan fingerprint density at radius 1 is 1.08 bits per heavy atom. The molecule has 3 rings (SSSR count). The molecule has 1 saturated heterocycles. The van der Waals surface area contributed by atoms with Gasteiger partial charge >= 0.3 is 0 Å². The van der Waals surface area contributed by atoms with E-state index in [1.165, 1.54) is 10.6 Å². The minimum absolute atomic E-state index is 0.0256. The number of hydrogen-bond acceptors (Lipinski definition) is 2. The van der Waals surface area contributed by atoms with Gasteiger partial charge in [-0.05, 0) is 30.3 Å². The van der Waals surface area contributed by atoms with Crippen molar-refractivity contribution in [2.45, 2.75) is 0 Å². The topological polar surface area (TPSA) is 36.8 Å². The van der Waals surface area contributed by atoms with Crippen LogP contribution in [0.25, 0.3) is 0 Å². The van der Waals surface area contributed by atoms with Gasteiger partial charge in [-0.2, -0.15) is 0 Å². The molecule has 4 nitrogen and oxygen atoms in total. The number of carbonyl (C=O) groups excluding carboxylic acids is 1. The second kappa shape index (κ2) is 7.88. The molecular formula is C18H20Cl2N3O+. The third kappa shape index (κ3) is 4.41. The molecule has 0 radical (unpaired) electrons. The molecule has 6 heteroatoms. The quantitative estimate of drug-likeness (QED) is 0.873. The zero-order chi connectivity index (χ0) is 16.9. The van der Waals surface area contributed by atoms with Crippen molar-refractivity contribution in [2.75, 3.05) is 42.9 Å². The molecule has 126 valence electrons. The standard InChI is InChI=1S/C18H19Cl2N3O/c19-14-6-7-17(16(20)12-14)21-18(24)13-22-8-10-23(11-9-22)15-4-2-1-3-5-15/h1-7,12H,8-11,13H2,(H,21,24)/p+1. The van der Waals surface area contributed by atoms with Crippen LogP contribution < -0.4 is 15.1 Å². The van der Waals surface area contributed by atoms with Crippen LogP contribution in [0.4, 0.5) is 11.4 Å². The maximum Gasteiger partial charge on any atom is 0.279 e. The number of halogens is 2. The van der Waals surface area contributed by atoms with E-state index in [2.05, 4.69) is 34.5 Å². The SMILES string of the molecule is O=C(C[NH+]1CCN(c2ccccc2)CC1)Nc1ccc(Cl)cc1Cl. The van der Waals surface area contributed by atoms with Crippen molar-refractivity contribution in [2.24, 2.45) is 0 Å². The molecule has 1 heterocycles. The second-order valence-electron chi connectivity index (χ2n) is 5.92. The van der Waals surface area contributed by atoms with Gasteiger partial charge in [0.05, 0.1) is 36.9 Å². The zero-order valence-electron chi connectivity index (χ0n) is 13.3. The molecule has 0 bridgehead atoms. The van der Waals surface area contributed by atoms with Crippen molar-refractivity contribution >= 4 is 40.5 Å². The van der Waals surface area contributed by atoms with E-state index in [0.717, 1.165) is 26.2 Å². The van der Waals surface area contributed by atoms with Crippen molar-refractivity contribution in [3.8, 4) is 0 Å². The second-order valence-corrected chi connectivity index (χ2v) is 6.77. The minimum Gasteiger partial charge on any atom is -0.360 e. The lowest BCUT2D eigenvalue weighted by atomic mass is 10.2. The molecule has 2 aromatic rings. The Morgan fingerprint density at radius 2 is 1.79 bits per heavy atom. The number of quaternary nitrogens is 1. The highest BCUT2D eigenvalue weighted by Gasteiger charge is 2.22. The number of nitrogens with one attached hydrogen (secondary N) is 2. The molecule has 2 aromatic carbocycles. The number of anilines is 2. The molecule has 0 unspecified atom stereocenters. The maximum absolute atomic E-state index is 12.2. The van der Waals surface area contributed by atoms with Crippen molar-refractivity contribution in [1.29, 1.82) is 0 Å². The Labute approximate surface area is 152 Å². The molecule has 0 aliphatic carbocycles. The summed E-state index contributed by atoms with van der Waals surface area (Å²) in [5.74, 6) is -0.0256. The number of nitrogens with zero attached hydrogens (tertiary/aromatic N) is 1. The lowest BCUT2D eigenvalue weighted by Gasteiger charge is -2.33. The van der Waals surface area contributed by atoms with Crippen LogP contribution in [0.3, 0.4) is 0 Å². The highest BCUT2D eigenvalue weighted by molar-refractivity contribution is 6.36. The summed E-state index contributed by atoms with van der Waals surface area (Å²) in [5.41, 5.74) is 1.85. The van der Waals surface area contributed by atoms with Crippen LogP contribution in [0.15, 0.2) is 48.5 Å². The fourth-order valence-corrected chi connectivity index (χ4v) is 3.36. The van der Waals surface area contributed by atoms with Crippen LogP contribution >= 0.6 is 23.2 Å². The molecule has 1 fully saturated rings. The Bertz CT molecular complexity index is 701. The molecule has 0 aromatic heterocycles. The molecule has 0 atom stereocenters. The lowest BCUT2D eigenvalue weighted by Crippen LogP contribution is -3.15. The number of rotatable bonds is 4. The van der Waals surface area contributed by atoms with E-state index in [1.807, 2.05) is 6.07 Å². The summed E-state index contributed by atoms with van der Waals surface area (Å²) in [6.45, 7) is 4.23. The van der Waals surface area contributed by atoms with Gasteiger partial charge in [-0.1, -0.05) is 41.4 Å². The first kappa shape index (κ1) is 17.1. The van der Waals surface area contributed by atoms with Crippen LogP contribution in [0, 0.1) is 0 Å². The zero-order valence-corrected chi connectivity index (χ0v) is 14.8. The Balaban J connectivity index is 1.50. The van der Waals surface area contributed by atoms with Gasteiger partial charge < -0.3 is 15.1 Å². The predicted octanol–water partition coefficient (Wildman–Crippen LogP) is 2.34. The average molecular weight is 365 g/mol. The van der Waals surface area contributed by atoms with E-state index in [9.17, 15) is 4.79 Å². The summed E-state index contributed by atoms with van der Waals surface area (Å²) < 4.78 is 0. The summed E-state index contributed by atoms with van der Waals surface area (Å²) in [6.07, 6.45) is 0. The number of piperazine rings is 1. The number of amides is 1. The van der Waals surface area contributed by atoms with Crippen molar-refractivity contribution in [3.05, 3.63) is 58.6 Å². The summed E-state index contributed by atoms with van der Waals surface area (Å²) in [5, 5.41) is 3.88. The molecule has 1 aliphatic rings. The number of hydrogen-bond donors (Lipinski definition) is 2. The van der Waals surface area contributed by atoms with E-state index >= 15 is 0 Å². The first-order valence-electron chi connectivity index (χ1n) is 8.00. The van der Waals surface area contributed by atoms with Crippen LogP contribution in [0.1, 0.15) is 0 Å². The summed E-state index contributed by atoms with van der Waals surface area (Å²) in [7, 11) is 0. The predicted molar refractivity (Wildman–Crippen MR) is 99.3 cm³/mol. The average Bonchev–Trinajstić information content (AvgIpc) is 2.59. The van der Waals surface area contributed by atoms with Gasteiger partial charge in [0.15, 0.2) is 6.54 Å². The van der Waals surface area contributed by atoms with Crippen LogP contribution in [0.5, 0.6) is 0 Å². The first-order valence-corrected chi connectivity index (χ1v) is 8.76. The van der Waals surface area contributed by atoms with Gasteiger partial charge in [0, 0.05) is 10.7 Å². The Morgan fingerprint density at radius 3 is 2.46 bits per heavy atom. The van der Waals surface area contributed by atoms with E-state index in [-0.39, 0.29) is 5.91 Å². The minimum atomic E-state index is -0.0256. The highest BCUT2D eigenvalue weighted by atomic mass is 35.5. The van der Waals surface area contributed by atoms with Crippen molar-refractivity contribution < 1.29 is 9.69 Å². The Kier molecular flexibility index (Phi) is 5.61. The summed E-state index contributed by atoms with van der Waals surface area (Å²) >= 11 is 12.0. The van der Waals surface area contributed by atoms with Gasteiger partial charge in [-0.15, -0.1) is 0 Å². The van der Waals surface area contributed by atoms with Gasteiger partial charge in [0.1, 0.15) is 0 Å². The molecule has 1 amide bonds. The molecule has 0 saturated carbocycles. The van der Waals surface area contributed by atoms with Gasteiger partial charge in [0.2, 0.25) is 0 Å². The molecule has 1 aliphatic heterocycles. The van der Waals surface area contributed by atoms with Gasteiger partial charge in [-0.3, -0.25) is 4.79 Å². The maximum atomic E-state index is 12.2. The largest absolute Gasteiger partial charge is 0.360 e. The normalized spacial score (nSPS) is 15.3. The van der Waals surface area contributed by atoms with E-state index < -0.39 is 0 Å².